The molecule has 5 N–H and O–H groups in total. The Morgan fingerprint density at radius 1 is 1.07 bits per heavy atom. The average molecular weight is 406 g/mol. The summed E-state index contributed by atoms with van der Waals surface area (Å²) in [5.74, 6) is -5.36. The number of alkyl carbamates (subject to hydrolysis) is 1. The van der Waals surface area contributed by atoms with Crippen molar-refractivity contribution in [3.63, 3.8) is 0 Å². The number of benzene rings is 1. The van der Waals surface area contributed by atoms with Crippen LogP contribution >= 0.6 is 0 Å². The van der Waals surface area contributed by atoms with Crippen molar-refractivity contribution >= 4 is 18.0 Å². The Labute approximate surface area is 163 Å². The number of aliphatic hydroxyl groups excluding tert-OH is 1. The Bertz CT molecular complexity index is 968. The number of carbonyl (C=O) groups is 3. The molecule has 11 nitrogen and oxygen atoms in total. The van der Waals surface area contributed by atoms with Crippen molar-refractivity contribution in [2.75, 3.05) is 13.1 Å². The van der Waals surface area contributed by atoms with Crippen LogP contribution in [0.4, 0.5) is 4.79 Å². The van der Waals surface area contributed by atoms with E-state index in [-0.39, 0.29) is 26.3 Å². The van der Waals surface area contributed by atoms with Crippen molar-refractivity contribution in [1.29, 1.82) is 0 Å². The van der Waals surface area contributed by atoms with Gasteiger partial charge >= 0.3 is 12.1 Å². The number of aromatic carboxylic acids is 1. The number of ether oxygens (including phenoxy) is 1. The van der Waals surface area contributed by atoms with E-state index in [0.29, 0.717) is 17.2 Å². The van der Waals surface area contributed by atoms with Crippen molar-refractivity contribution in [2.45, 2.75) is 13.2 Å². The molecular weight excluding hydrogens is 388 g/mol. The van der Waals surface area contributed by atoms with Crippen LogP contribution in [0.1, 0.15) is 32.2 Å². The number of carboxylic acids is 1. The number of carboxylic acid groups (broad SMARTS) is 1. The Kier molecular flexibility index (Phi) is 7.32. The lowest BCUT2D eigenvalue weighted by molar-refractivity contribution is 0.0649. The Morgan fingerprint density at radius 3 is 2.45 bits per heavy atom. The molecule has 0 aliphatic heterocycles. The summed E-state index contributed by atoms with van der Waals surface area (Å²) in [6, 6.07) is 7.50. The lowest BCUT2D eigenvalue weighted by atomic mass is 10.1. The number of carbonyl (C=O) groups excluding carboxylic acids is 2. The molecule has 154 valence electrons. The normalized spacial score (nSPS) is 10.2. The van der Waals surface area contributed by atoms with Gasteiger partial charge in [-0.25, -0.2) is 9.59 Å². The lowest BCUT2D eigenvalue weighted by Gasteiger charge is -2.09. The highest BCUT2D eigenvalue weighted by atomic mass is 16.5. The van der Waals surface area contributed by atoms with Crippen LogP contribution in [0.3, 0.4) is 0 Å². The molecule has 0 fully saturated rings. The summed E-state index contributed by atoms with van der Waals surface area (Å²) < 4.78 is 9.70. The first-order valence-corrected chi connectivity index (χ1v) is 8.29. The van der Waals surface area contributed by atoms with Gasteiger partial charge in [0.15, 0.2) is 5.76 Å². The number of rotatable bonds is 8. The van der Waals surface area contributed by atoms with Crippen molar-refractivity contribution < 1.29 is 38.9 Å². The van der Waals surface area contributed by atoms with Crippen LogP contribution in [-0.2, 0) is 18.0 Å². The molecule has 11 heteroatoms. The number of nitrogens with one attached hydrogen (secondary N) is 2. The number of hydrogen-bond donors (Lipinski definition) is 5. The largest absolute Gasteiger partial charge is 0.501 e. The van der Waals surface area contributed by atoms with Gasteiger partial charge in [0.05, 0.1) is 6.61 Å². The molecule has 1 heterocycles. The fourth-order valence-electron chi connectivity index (χ4n) is 2.19. The summed E-state index contributed by atoms with van der Waals surface area (Å²) in [7, 11) is 0. The molecule has 0 spiro atoms. The minimum atomic E-state index is -1.71. The molecule has 29 heavy (non-hydrogen) atoms. The van der Waals surface area contributed by atoms with E-state index in [1.165, 1.54) is 0 Å². The van der Waals surface area contributed by atoms with Crippen LogP contribution < -0.4 is 16.1 Å². The maximum Gasteiger partial charge on any atom is 0.407 e. The molecule has 0 aliphatic carbocycles. The summed E-state index contributed by atoms with van der Waals surface area (Å²) in [5, 5.41) is 31.9. The topological polar surface area (TPSA) is 175 Å². The van der Waals surface area contributed by atoms with E-state index >= 15 is 0 Å². The van der Waals surface area contributed by atoms with Gasteiger partial charge in [-0.3, -0.25) is 9.59 Å². The van der Waals surface area contributed by atoms with E-state index < -0.39 is 40.7 Å². The third-order valence-electron chi connectivity index (χ3n) is 3.56. The zero-order valence-electron chi connectivity index (χ0n) is 15.0. The van der Waals surface area contributed by atoms with Gasteiger partial charge < -0.3 is 35.1 Å². The van der Waals surface area contributed by atoms with Gasteiger partial charge in [0.25, 0.3) is 11.7 Å². The molecule has 2 aromatic rings. The minimum absolute atomic E-state index is 0.0112. The molecule has 0 atom stereocenters. The average Bonchev–Trinajstić information content (AvgIpc) is 2.71. The minimum Gasteiger partial charge on any atom is -0.501 e. The smallest absolute Gasteiger partial charge is 0.407 e. The number of aromatic hydroxyl groups is 1. The molecule has 0 saturated heterocycles. The molecule has 1 aromatic heterocycles. The van der Waals surface area contributed by atoms with Crippen molar-refractivity contribution in [3.8, 4) is 5.75 Å². The monoisotopic (exact) mass is 406 g/mol. The van der Waals surface area contributed by atoms with E-state index in [4.69, 9.17) is 19.4 Å². The number of amides is 2. The highest BCUT2D eigenvalue weighted by molar-refractivity contribution is 5.93. The van der Waals surface area contributed by atoms with E-state index in [1.54, 1.807) is 24.3 Å². The fourth-order valence-corrected chi connectivity index (χ4v) is 2.19. The summed E-state index contributed by atoms with van der Waals surface area (Å²) in [6.45, 7) is -0.228. The molecule has 0 unspecified atom stereocenters. The van der Waals surface area contributed by atoms with Gasteiger partial charge in [-0.2, -0.15) is 0 Å². The first-order chi connectivity index (χ1) is 13.8. The third-order valence-corrected chi connectivity index (χ3v) is 3.56. The Morgan fingerprint density at radius 2 is 1.76 bits per heavy atom. The van der Waals surface area contributed by atoms with Gasteiger partial charge in [0.1, 0.15) is 6.61 Å². The fraction of sp³-hybridized carbons (Fsp3) is 0.222. The van der Waals surface area contributed by atoms with Crippen LogP contribution in [0.15, 0.2) is 39.5 Å². The lowest BCUT2D eigenvalue weighted by Crippen LogP contribution is -2.35. The molecule has 2 amide bonds. The maximum atomic E-state index is 11.9. The van der Waals surface area contributed by atoms with E-state index in [2.05, 4.69) is 10.6 Å². The SMILES string of the molecule is O=C(NCCNC(=O)c1cc(=O)c(O)c(C(=O)O)o1)OCc1cccc(CO)c1. The quantitative estimate of drug-likeness (QED) is 0.383. The maximum absolute atomic E-state index is 11.9. The molecular formula is C18H18N2O9. The van der Waals surface area contributed by atoms with Crippen LogP contribution in [0.25, 0.3) is 0 Å². The third kappa shape index (κ3) is 6.07. The summed E-state index contributed by atoms with van der Waals surface area (Å²) in [4.78, 5) is 45.9. The first kappa shape index (κ1) is 21.4. The molecule has 2 rings (SSSR count). The molecule has 0 bridgehead atoms. The van der Waals surface area contributed by atoms with Gasteiger partial charge in [0, 0.05) is 19.2 Å². The van der Waals surface area contributed by atoms with Gasteiger partial charge in [-0.05, 0) is 11.1 Å². The zero-order valence-corrected chi connectivity index (χ0v) is 15.0. The Hall–Kier alpha value is -3.86. The van der Waals surface area contributed by atoms with Gasteiger partial charge in [0.2, 0.25) is 11.2 Å². The molecule has 1 aromatic carbocycles. The van der Waals surface area contributed by atoms with Crippen molar-refractivity contribution in [1.82, 2.24) is 10.6 Å². The predicted octanol–water partition coefficient (Wildman–Crippen LogP) is 0.192. The number of hydrogen-bond acceptors (Lipinski definition) is 8. The van der Waals surface area contributed by atoms with E-state index in [9.17, 15) is 24.3 Å². The highest BCUT2D eigenvalue weighted by Crippen LogP contribution is 2.13. The van der Waals surface area contributed by atoms with Crippen molar-refractivity contribution in [3.05, 3.63) is 63.2 Å². The second kappa shape index (κ2) is 9.90. The molecule has 0 saturated carbocycles. The van der Waals surface area contributed by atoms with Crippen LogP contribution in [0.5, 0.6) is 5.75 Å². The molecule has 0 aliphatic rings. The highest BCUT2D eigenvalue weighted by Gasteiger charge is 2.20. The van der Waals surface area contributed by atoms with Gasteiger partial charge in [-0.1, -0.05) is 24.3 Å². The summed E-state index contributed by atoms with van der Waals surface area (Å²) >= 11 is 0. The van der Waals surface area contributed by atoms with Crippen LogP contribution in [0.2, 0.25) is 0 Å². The van der Waals surface area contributed by atoms with Gasteiger partial charge in [-0.15, -0.1) is 0 Å². The Balaban J connectivity index is 1.78. The van der Waals surface area contributed by atoms with E-state index in [0.717, 1.165) is 0 Å². The summed E-state index contributed by atoms with van der Waals surface area (Å²) in [6.07, 6.45) is -0.738. The standard InChI is InChI=1S/C18H18N2O9/c21-8-10-2-1-3-11(6-10)9-28-18(27)20-5-4-19-16(24)13-7-12(22)14(23)15(29-13)17(25)26/h1-3,6-7,21,23H,4-5,8-9H2,(H,19,24)(H,20,27)(H,25,26). The molecule has 0 radical (unpaired) electrons. The van der Waals surface area contributed by atoms with Crippen LogP contribution in [-0.4, -0.2) is 46.4 Å². The predicted molar refractivity (Wildman–Crippen MR) is 96.5 cm³/mol. The van der Waals surface area contributed by atoms with Crippen molar-refractivity contribution in [2.24, 2.45) is 0 Å². The van der Waals surface area contributed by atoms with E-state index in [1.807, 2.05) is 0 Å². The first-order valence-electron chi connectivity index (χ1n) is 8.29. The summed E-state index contributed by atoms with van der Waals surface area (Å²) in [5.41, 5.74) is 0.295. The second-order valence-electron chi connectivity index (χ2n) is 5.69. The number of aliphatic hydroxyl groups is 1. The van der Waals surface area contributed by atoms with Crippen LogP contribution in [0, 0.1) is 0 Å². The zero-order chi connectivity index (χ0) is 21.4. The second-order valence-corrected chi connectivity index (χ2v) is 5.69.